The summed E-state index contributed by atoms with van der Waals surface area (Å²) in [5, 5.41) is 0. The Hall–Kier alpha value is -1.84. The van der Waals surface area contributed by atoms with Crippen molar-refractivity contribution in [1.82, 2.24) is 0 Å². The van der Waals surface area contributed by atoms with Gasteiger partial charge in [0.15, 0.2) is 0 Å². The second-order valence-electron chi connectivity index (χ2n) is 10.2. The van der Waals surface area contributed by atoms with E-state index in [1.165, 1.54) is 51.4 Å². The van der Waals surface area contributed by atoms with Crippen molar-refractivity contribution >= 4 is 12.1 Å². The fourth-order valence-corrected chi connectivity index (χ4v) is 3.93. The number of esters is 1. The third-order valence-electron chi connectivity index (χ3n) is 6.12. The Labute approximate surface area is 223 Å². The van der Waals surface area contributed by atoms with Crippen molar-refractivity contribution < 1.29 is 19.1 Å². The molecule has 0 aromatic carbocycles. The third-order valence-corrected chi connectivity index (χ3v) is 6.12. The number of carbonyl (C=O) groups excluding carboxylic acids is 2. The lowest BCUT2D eigenvalue weighted by Crippen LogP contribution is -2.14. The van der Waals surface area contributed by atoms with Crippen LogP contribution in [0.1, 0.15) is 143 Å². The van der Waals surface area contributed by atoms with Gasteiger partial charge in [-0.05, 0) is 50.9 Å². The van der Waals surface area contributed by atoms with Crippen molar-refractivity contribution in [2.75, 3.05) is 6.61 Å². The summed E-state index contributed by atoms with van der Waals surface area (Å²) in [5.41, 5.74) is 0. The lowest BCUT2D eigenvalue weighted by Gasteiger charge is -2.06. The molecule has 0 spiro atoms. The van der Waals surface area contributed by atoms with E-state index in [9.17, 15) is 9.59 Å². The number of ether oxygens (including phenoxy) is 2. The Morgan fingerprint density at radius 1 is 0.639 bits per heavy atom. The molecule has 0 N–H and O–H groups in total. The van der Waals surface area contributed by atoms with Crippen LogP contribution in [0.4, 0.5) is 4.79 Å². The molecule has 4 heteroatoms. The van der Waals surface area contributed by atoms with Crippen molar-refractivity contribution in [2.24, 2.45) is 5.92 Å². The van der Waals surface area contributed by atoms with E-state index in [0.29, 0.717) is 6.61 Å². The van der Waals surface area contributed by atoms with Gasteiger partial charge in [0.25, 0.3) is 0 Å². The fraction of sp³-hybridized carbons (Fsp3) is 0.750. The summed E-state index contributed by atoms with van der Waals surface area (Å²) >= 11 is 0. The first-order valence-electron chi connectivity index (χ1n) is 14.9. The van der Waals surface area contributed by atoms with E-state index in [-0.39, 0.29) is 6.42 Å². The smallest absolute Gasteiger partial charge is 0.434 e. The van der Waals surface area contributed by atoms with Crippen molar-refractivity contribution in [3.05, 3.63) is 36.5 Å². The summed E-state index contributed by atoms with van der Waals surface area (Å²) in [4.78, 5) is 23.4. The van der Waals surface area contributed by atoms with Crippen LogP contribution in [0, 0.1) is 5.92 Å². The summed E-state index contributed by atoms with van der Waals surface area (Å²) in [5.74, 6) is 0.342. The van der Waals surface area contributed by atoms with Gasteiger partial charge in [-0.1, -0.05) is 128 Å². The maximum absolute atomic E-state index is 11.8. The van der Waals surface area contributed by atoms with Crippen molar-refractivity contribution in [3.8, 4) is 0 Å². The first kappa shape index (κ1) is 34.2. The molecule has 0 amide bonds. The molecular weight excluding hydrogens is 448 g/mol. The predicted molar refractivity (Wildman–Crippen MR) is 153 cm³/mol. The largest absolute Gasteiger partial charge is 0.516 e. The first-order valence-corrected chi connectivity index (χ1v) is 14.9. The molecule has 0 heterocycles. The molecule has 0 rings (SSSR count). The lowest BCUT2D eigenvalue weighted by molar-refractivity contribution is -0.139. The number of unbranched alkanes of at least 4 members (excludes halogenated alkanes) is 12. The maximum atomic E-state index is 11.8. The quantitative estimate of drug-likeness (QED) is 0.0567. The van der Waals surface area contributed by atoms with E-state index in [1.807, 2.05) is 0 Å². The van der Waals surface area contributed by atoms with E-state index >= 15 is 0 Å². The fourth-order valence-electron chi connectivity index (χ4n) is 3.93. The van der Waals surface area contributed by atoms with Crippen LogP contribution in [0.2, 0.25) is 0 Å². The van der Waals surface area contributed by atoms with E-state index in [2.05, 4.69) is 57.2 Å². The molecule has 208 valence electrons. The second kappa shape index (κ2) is 27.7. The van der Waals surface area contributed by atoms with Gasteiger partial charge in [0.1, 0.15) is 0 Å². The average molecular weight is 505 g/mol. The molecule has 0 fully saturated rings. The van der Waals surface area contributed by atoms with Gasteiger partial charge in [0.05, 0.1) is 6.61 Å². The molecule has 0 saturated heterocycles. The van der Waals surface area contributed by atoms with E-state index in [1.54, 1.807) is 0 Å². The molecule has 0 aliphatic rings. The lowest BCUT2D eigenvalue weighted by atomic mass is 10.0. The normalized spacial score (nSPS) is 11.9. The standard InChI is InChI=1S/C32H56O4/c1-4-5-6-7-8-9-10-11-12-13-14-15-19-22-25-28-31(33)36-32(34)35-29-26-23-20-17-16-18-21-24-27-30(2)3/h5-6,8-9,11-12,30H,4,7,10,13-29H2,1-3H3/b6-5-,9-8-,12-11-. The Bertz CT molecular complexity index is 589. The predicted octanol–water partition coefficient (Wildman–Crippen LogP) is 10.4. The van der Waals surface area contributed by atoms with Crippen molar-refractivity contribution in [1.29, 1.82) is 0 Å². The maximum Gasteiger partial charge on any atom is 0.516 e. The minimum Gasteiger partial charge on any atom is -0.434 e. The SMILES string of the molecule is CC/C=C\C/C=C\C/C=C\CCCCCCCC(=O)OC(=O)OCCCCCCCCCCC(C)C. The molecule has 0 aromatic heterocycles. The van der Waals surface area contributed by atoms with Crippen molar-refractivity contribution in [3.63, 3.8) is 0 Å². The average Bonchev–Trinajstić information content (AvgIpc) is 2.84. The van der Waals surface area contributed by atoms with Crippen LogP contribution in [0.3, 0.4) is 0 Å². The summed E-state index contributed by atoms with van der Waals surface area (Å²) < 4.78 is 9.78. The van der Waals surface area contributed by atoms with Gasteiger partial charge in [0.2, 0.25) is 0 Å². The highest BCUT2D eigenvalue weighted by atomic mass is 16.7. The number of allylic oxidation sites excluding steroid dienone is 6. The summed E-state index contributed by atoms with van der Waals surface area (Å²) in [6.07, 6.45) is 33.1. The van der Waals surface area contributed by atoms with Gasteiger partial charge >= 0.3 is 12.1 Å². The monoisotopic (exact) mass is 504 g/mol. The minimum atomic E-state index is -0.843. The van der Waals surface area contributed by atoms with Gasteiger partial charge in [-0.25, -0.2) is 4.79 Å². The molecule has 0 atom stereocenters. The molecular formula is C32H56O4. The minimum absolute atomic E-state index is 0.284. The van der Waals surface area contributed by atoms with Crippen LogP contribution in [-0.4, -0.2) is 18.7 Å². The van der Waals surface area contributed by atoms with Crippen molar-refractivity contribution in [2.45, 2.75) is 143 Å². The molecule has 36 heavy (non-hydrogen) atoms. The highest BCUT2D eigenvalue weighted by Gasteiger charge is 2.11. The summed E-state index contributed by atoms with van der Waals surface area (Å²) in [7, 11) is 0. The van der Waals surface area contributed by atoms with Gasteiger partial charge < -0.3 is 9.47 Å². The molecule has 0 aliphatic heterocycles. The van der Waals surface area contributed by atoms with Crippen LogP contribution in [0.5, 0.6) is 0 Å². The van der Waals surface area contributed by atoms with Crippen LogP contribution in [-0.2, 0) is 14.3 Å². The van der Waals surface area contributed by atoms with Gasteiger partial charge in [-0.15, -0.1) is 0 Å². The Balaban J connectivity index is 3.41. The molecule has 0 bridgehead atoms. The van der Waals surface area contributed by atoms with Crippen LogP contribution in [0.15, 0.2) is 36.5 Å². The van der Waals surface area contributed by atoms with Crippen LogP contribution < -0.4 is 0 Å². The number of rotatable bonds is 24. The highest BCUT2D eigenvalue weighted by Crippen LogP contribution is 2.13. The third kappa shape index (κ3) is 28.4. The molecule has 4 nitrogen and oxygen atoms in total. The first-order chi connectivity index (χ1) is 17.6. The number of hydrogen-bond acceptors (Lipinski definition) is 4. The van der Waals surface area contributed by atoms with Gasteiger partial charge in [0, 0.05) is 6.42 Å². The zero-order valence-corrected chi connectivity index (χ0v) is 23.8. The molecule has 0 aromatic rings. The van der Waals surface area contributed by atoms with E-state index < -0.39 is 12.1 Å². The Kier molecular flexibility index (Phi) is 26.3. The van der Waals surface area contributed by atoms with Gasteiger partial charge in [-0.2, -0.15) is 0 Å². The molecule has 0 radical (unpaired) electrons. The zero-order chi connectivity index (χ0) is 26.5. The number of carbonyl (C=O) groups is 2. The zero-order valence-electron chi connectivity index (χ0n) is 23.8. The second-order valence-corrected chi connectivity index (χ2v) is 10.2. The molecule has 0 aliphatic carbocycles. The Morgan fingerprint density at radius 3 is 1.81 bits per heavy atom. The highest BCUT2D eigenvalue weighted by molar-refractivity contribution is 5.81. The molecule has 0 saturated carbocycles. The van der Waals surface area contributed by atoms with Crippen LogP contribution >= 0.6 is 0 Å². The summed E-state index contributed by atoms with van der Waals surface area (Å²) in [6.45, 7) is 7.05. The van der Waals surface area contributed by atoms with E-state index in [4.69, 9.17) is 9.47 Å². The number of hydrogen-bond donors (Lipinski definition) is 0. The van der Waals surface area contributed by atoms with Gasteiger partial charge in [-0.3, -0.25) is 4.79 Å². The topological polar surface area (TPSA) is 52.6 Å². The van der Waals surface area contributed by atoms with E-state index in [0.717, 1.165) is 70.1 Å². The summed E-state index contributed by atoms with van der Waals surface area (Å²) in [6, 6.07) is 0. The molecule has 0 unspecified atom stereocenters. The van der Waals surface area contributed by atoms with Crippen LogP contribution in [0.25, 0.3) is 0 Å². The Morgan fingerprint density at radius 2 is 1.17 bits per heavy atom.